The van der Waals surface area contributed by atoms with Gasteiger partial charge in [0.2, 0.25) is 0 Å². The van der Waals surface area contributed by atoms with Crippen molar-refractivity contribution in [1.82, 2.24) is 0 Å². The summed E-state index contributed by atoms with van der Waals surface area (Å²) in [6.45, 7) is 7.86. The molecule has 4 aliphatic carbocycles. The SMILES string of the molecule is [2H]C1([2H])C[C@]2(C)[C@H]3CC[C@]4(C)[C@@H](C5(C)OCCO5)CC[C@H]4[C@@H]3CC[C@H]2C([2H])([2H])[C@@]1([2H])O. The topological polar surface area (TPSA) is 38.7 Å². The number of rotatable bonds is 1. The summed E-state index contributed by atoms with van der Waals surface area (Å²) in [6, 6.07) is 0. The lowest BCUT2D eigenvalue weighted by Gasteiger charge is -2.61. The maximum absolute atomic E-state index is 10.6. The molecule has 5 rings (SSSR count). The largest absolute Gasteiger partial charge is 0.393 e. The molecule has 1 heterocycles. The average Bonchev–Trinajstić information content (AvgIpc) is 3.23. The zero-order chi connectivity index (χ0) is 22.7. The minimum atomic E-state index is -2.72. The molecular weight excluding hydrogens is 324 g/mol. The normalized spacial score (nSPS) is 65.4. The highest BCUT2D eigenvalue weighted by Crippen LogP contribution is 2.69. The van der Waals surface area contributed by atoms with Gasteiger partial charge in [0.05, 0.1) is 20.7 Å². The molecule has 26 heavy (non-hydrogen) atoms. The van der Waals surface area contributed by atoms with E-state index in [1.165, 1.54) is 0 Å². The first-order chi connectivity index (χ1) is 14.2. The van der Waals surface area contributed by atoms with Crippen LogP contribution < -0.4 is 0 Å². The van der Waals surface area contributed by atoms with Gasteiger partial charge in [-0.05, 0) is 99.1 Å². The quantitative estimate of drug-likeness (QED) is 0.725. The Labute approximate surface area is 166 Å². The summed E-state index contributed by atoms with van der Waals surface area (Å²) in [4.78, 5) is 0. The van der Waals surface area contributed by atoms with Gasteiger partial charge in [-0.15, -0.1) is 0 Å². The number of aliphatic hydroxyl groups is 1. The van der Waals surface area contributed by atoms with E-state index < -0.39 is 35.9 Å². The minimum absolute atomic E-state index is 0.0577. The molecular formula is C23H38O3. The van der Waals surface area contributed by atoms with Gasteiger partial charge in [-0.1, -0.05) is 13.8 Å². The lowest BCUT2D eigenvalue weighted by molar-refractivity contribution is -0.218. The van der Waals surface area contributed by atoms with E-state index in [1.54, 1.807) is 0 Å². The highest BCUT2D eigenvalue weighted by atomic mass is 16.7. The van der Waals surface area contributed by atoms with Crippen molar-refractivity contribution in [2.24, 2.45) is 40.4 Å². The molecule has 0 aromatic heterocycles. The third-order valence-electron chi connectivity index (χ3n) is 9.31. The molecule has 8 atom stereocenters. The van der Waals surface area contributed by atoms with Gasteiger partial charge in [0, 0.05) is 11.4 Å². The molecule has 0 radical (unpaired) electrons. The van der Waals surface area contributed by atoms with Crippen molar-refractivity contribution in [2.75, 3.05) is 13.2 Å². The van der Waals surface area contributed by atoms with Crippen LogP contribution in [0.1, 0.15) is 85.3 Å². The fourth-order valence-corrected chi connectivity index (χ4v) is 8.03. The second kappa shape index (κ2) is 5.94. The molecule has 0 aromatic rings. The van der Waals surface area contributed by atoms with E-state index in [-0.39, 0.29) is 17.8 Å². The van der Waals surface area contributed by atoms with E-state index in [0.717, 1.165) is 32.1 Å². The predicted molar refractivity (Wildman–Crippen MR) is 102 cm³/mol. The number of hydrogen-bond donors (Lipinski definition) is 1. The van der Waals surface area contributed by atoms with Crippen molar-refractivity contribution in [3.8, 4) is 0 Å². The molecule has 4 saturated carbocycles. The summed E-state index contributed by atoms with van der Waals surface area (Å²) < 4.78 is 54.6. The molecule has 0 aromatic carbocycles. The fourth-order valence-electron chi connectivity index (χ4n) is 8.03. The summed E-state index contributed by atoms with van der Waals surface area (Å²) in [6.07, 6.45) is -1.53. The van der Waals surface area contributed by atoms with Gasteiger partial charge in [0.1, 0.15) is 0 Å². The van der Waals surface area contributed by atoms with E-state index in [2.05, 4.69) is 20.8 Å². The Morgan fingerprint density at radius 3 is 2.42 bits per heavy atom. The van der Waals surface area contributed by atoms with Crippen LogP contribution in [0.3, 0.4) is 0 Å². The highest BCUT2D eigenvalue weighted by molar-refractivity contribution is 5.11. The Bertz CT molecular complexity index is 751. The van der Waals surface area contributed by atoms with Crippen molar-refractivity contribution in [2.45, 2.75) is 90.3 Å². The second-order valence-corrected chi connectivity index (χ2v) is 10.2. The number of fused-ring (bicyclic) bond motifs is 5. The third kappa shape index (κ3) is 2.35. The molecule has 1 aliphatic heterocycles. The molecule has 0 unspecified atom stereocenters. The van der Waals surface area contributed by atoms with E-state index >= 15 is 0 Å². The van der Waals surface area contributed by atoms with Gasteiger partial charge in [0.25, 0.3) is 0 Å². The van der Waals surface area contributed by atoms with Crippen molar-refractivity contribution in [1.29, 1.82) is 0 Å². The van der Waals surface area contributed by atoms with Crippen LogP contribution in [0, 0.1) is 40.4 Å². The van der Waals surface area contributed by atoms with Gasteiger partial charge < -0.3 is 14.6 Å². The zero-order valence-corrected chi connectivity index (χ0v) is 16.5. The Kier molecular flexibility index (Phi) is 3.01. The molecule has 148 valence electrons. The minimum Gasteiger partial charge on any atom is -0.393 e. The van der Waals surface area contributed by atoms with E-state index in [9.17, 15) is 5.11 Å². The van der Waals surface area contributed by atoms with Crippen LogP contribution in [0.4, 0.5) is 0 Å². The second-order valence-electron chi connectivity index (χ2n) is 10.2. The van der Waals surface area contributed by atoms with Crippen LogP contribution >= 0.6 is 0 Å². The summed E-state index contributed by atoms with van der Waals surface area (Å²) in [7, 11) is 0. The molecule has 1 saturated heterocycles. The monoisotopic (exact) mass is 367 g/mol. The summed E-state index contributed by atoms with van der Waals surface area (Å²) in [5, 5.41) is 10.6. The summed E-state index contributed by atoms with van der Waals surface area (Å²) in [5.41, 5.74) is -0.431. The molecule has 3 nitrogen and oxygen atoms in total. The van der Waals surface area contributed by atoms with Crippen molar-refractivity contribution in [3.05, 3.63) is 0 Å². The average molecular weight is 368 g/mol. The highest BCUT2D eigenvalue weighted by Gasteiger charge is 2.63. The van der Waals surface area contributed by atoms with E-state index in [4.69, 9.17) is 16.3 Å². The first kappa shape index (κ1) is 13.2. The fraction of sp³-hybridized carbons (Fsp3) is 1.00. The zero-order valence-electron chi connectivity index (χ0n) is 21.5. The Hall–Kier alpha value is -0.120. The molecule has 1 N–H and O–H groups in total. The molecule has 5 fully saturated rings. The summed E-state index contributed by atoms with van der Waals surface area (Å²) in [5.74, 6) is 0.502. The smallest absolute Gasteiger partial charge is 0.169 e. The molecule has 0 spiro atoms. The molecule has 5 aliphatic rings. The summed E-state index contributed by atoms with van der Waals surface area (Å²) >= 11 is 0. The van der Waals surface area contributed by atoms with Gasteiger partial charge in [-0.2, -0.15) is 0 Å². The Morgan fingerprint density at radius 2 is 1.65 bits per heavy atom. The lowest BCUT2D eigenvalue weighted by atomic mass is 9.44. The van der Waals surface area contributed by atoms with Crippen molar-refractivity contribution in [3.63, 3.8) is 0 Å². The van der Waals surface area contributed by atoms with Gasteiger partial charge >= 0.3 is 0 Å². The van der Waals surface area contributed by atoms with Crippen molar-refractivity contribution >= 4 is 0 Å². The van der Waals surface area contributed by atoms with Gasteiger partial charge in [-0.25, -0.2) is 0 Å². The number of ether oxygens (including phenoxy) is 2. The van der Waals surface area contributed by atoms with Gasteiger partial charge in [0.15, 0.2) is 5.79 Å². The van der Waals surface area contributed by atoms with Crippen LogP contribution in [0.2, 0.25) is 0 Å². The van der Waals surface area contributed by atoms with Crippen LogP contribution in [0.5, 0.6) is 0 Å². The standard InChI is InChI=1S/C23H38O3/c1-21-10-8-16(24)14-15(21)4-5-17-18-6-7-20(23(3)25-12-13-26-23)22(18,2)11-9-19(17)21/h15-20,24H,4-14H2,1-3H3/t15-,16-,17-,18-,19-,20-,21-,22-/m0/s1/i8D2,14D2,16D. The van der Waals surface area contributed by atoms with Crippen molar-refractivity contribution < 1.29 is 21.4 Å². The maximum Gasteiger partial charge on any atom is 0.169 e. The van der Waals surface area contributed by atoms with Gasteiger partial charge in [-0.3, -0.25) is 0 Å². The predicted octanol–water partition coefficient (Wildman–Crippen LogP) is 4.77. The third-order valence-corrected chi connectivity index (χ3v) is 9.31. The van der Waals surface area contributed by atoms with E-state index in [0.29, 0.717) is 37.4 Å². The molecule has 0 bridgehead atoms. The van der Waals surface area contributed by atoms with Crippen LogP contribution in [0.25, 0.3) is 0 Å². The first-order valence-corrected chi connectivity index (χ1v) is 10.7. The van der Waals surface area contributed by atoms with Crippen LogP contribution in [-0.4, -0.2) is 30.2 Å². The van der Waals surface area contributed by atoms with Crippen LogP contribution in [-0.2, 0) is 9.47 Å². The number of hydrogen-bond acceptors (Lipinski definition) is 3. The molecule has 0 amide bonds. The first-order valence-electron chi connectivity index (χ1n) is 13.2. The van der Waals surface area contributed by atoms with E-state index in [1.807, 2.05) is 0 Å². The van der Waals surface area contributed by atoms with Crippen LogP contribution in [0.15, 0.2) is 0 Å². The maximum atomic E-state index is 10.6. The Balaban J connectivity index is 1.48. The molecule has 3 heteroatoms. The lowest BCUT2D eigenvalue weighted by Crippen LogP contribution is -2.55. The Morgan fingerprint density at radius 1 is 0.923 bits per heavy atom.